The van der Waals surface area contributed by atoms with Crippen LogP contribution in [-0.4, -0.2) is 61.8 Å². The highest BCUT2D eigenvalue weighted by Crippen LogP contribution is 2.17. The molecule has 0 radical (unpaired) electrons. The Morgan fingerprint density at radius 2 is 1.79 bits per heavy atom. The van der Waals surface area contributed by atoms with Crippen molar-refractivity contribution in [3.05, 3.63) is 0 Å². The number of carbonyl (C=O) groups excluding carboxylic acids is 2. The molecule has 138 valence electrons. The molecule has 0 atom stereocenters. The van der Waals surface area contributed by atoms with Gasteiger partial charge in [-0.2, -0.15) is 0 Å². The molecule has 0 aromatic heterocycles. The average molecular weight is 340 g/mol. The van der Waals surface area contributed by atoms with Crippen LogP contribution in [-0.2, 0) is 9.53 Å². The summed E-state index contributed by atoms with van der Waals surface area (Å²) in [5.41, 5.74) is 5.45. The molecule has 2 aliphatic rings. The molecule has 0 spiro atoms. The van der Waals surface area contributed by atoms with Crippen molar-refractivity contribution in [3.8, 4) is 0 Å². The molecular weight excluding hydrogens is 308 g/mol. The van der Waals surface area contributed by atoms with Crippen LogP contribution in [0.3, 0.4) is 0 Å². The summed E-state index contributed by atoms with van der Waals surface area (Å²) < 4.78 is 5.74. The van der Waals surface area contributed by atoms with Gasteiger partial charge in [-0.05, 0) is 38.6 Å². The number of nitrogens with one attached hydrogen (secondary N) is 2. The van der Waals surface area contributed by atoms with Crippen molar-refractivity contribution in [3.63, 3.8) is 0 Å². The monoisotopic (exact) mass is 340 g/mol. The van der Waals surface area contributed by atoms with Gasteiger partial charge in [-0.1, -0.05) is 19.3 Å². The van der Waals surface area contributed by atoms with E-state index in [-0.39, 0.29) is 30.6 Å². The van der Waals surface area contributed by atoms with Gasteiger partial charge in [-0.15, -0.1) is 0 Å². The molecule has 0 aromatic carbocycles. The second-order valence-corrected chi connectivity index (χ2v) is 6.76. The first-order valence-electron chi connectivity index (χ1n) is 9.33. The Hall–Kier alpha value is -1.34. The lowest BCUT2D eigenvalue weighted by Gasteiger charge is -2.32. The minimum Gasteiger partial charge on any atom is -0.378 e. The van der Waals surface area contributed by atoms with E-state index in [2.05, 4.69) is 10.6 Å². The molecule has 1 saturated heterocycles. The van der Waals surface area contributed by atoms with Gasteiger partial charge in [0.15, 0.2) is 0 Å². The minimum atomic E-state index is -0.227. The zero-order valence-corrected chi connectivity index (χ0v) is 14.6. The average Bonchev–Trinajstić information content (AvgIpc) is 2.61. The van der Waals surface area contributed by atoms with Gasteiger partial charge in [0.25, 0.3) is 0 Å². The zero-order chi connectivity index (χ0) is 17.2. The van der Waals surface area contributed by atoms with Crippen LogP contribution in [0.1, 0.15) is 51.4 Å². The number of urea groups is 1. The summed E-state index contributed by atoms with van der Waals surface area (Å²) in [4.78, 5) is 25.9. The number of nitrogens with zero attached hydrogens (tertiary/aromatic N) is 1. The molecule has 0 bridgehead atoms. The Bertz CT molecular complexity index is 391. The maximum Gasteiger partial charge on any atom is 0.315 e. The third kappa shape index (κ3) is 6.65. The van der Waals surface area contributed by atoms with Gasteiger partial charge in [0.05, 0.1) is 12.6 Å². The Kier molecular flexibility index (Phi) is 8.32. The summed E-state index contributed by atoms with van der Waals surface area (Å²) in [6.45, 7) is 2.79. The molecular formula is C17H32N4O3. The second kappa shape index (κ2) is 10.5. The van der Waals surface area contributed by atoms with Crippen molar-refractivity contribution < 1.29 is 14.3 Å². The largest absolute Gasteiger partial charge is 0.378 e. The van der Waals surface area contributed by atoms with Gasteiger partial charge in [0.1, 0.15) is 0 Å². The standard InChI is InChI=1S/C17H32N4O3/c18-9-4-12-24-15-7-10-21(11-8-15)16(22)13-19-17(23)20-14-5-2-1-3-6-14/h14-15H,1-13,18H2,(H2,19,20,23). The van der Waals surface area contributed by atoms with Crippen LogP contribution in [0.5, 0.6) is 0 Å². The van der Waals surface area contributed by atoms with Crippen molar-refractivity contribution in [2.75, 3.05) is 32.8 Å². The summed E-state index contributed by atoms with van der Waals surface area (Å²) in [7, 11) is 0. The lowest BCUT2D eigenvalue weighted by Crippen LogP contribution is -2.49. The molecule has 7 heteroatoms. The summed E-state index contributed by atoms with van der Waals surface area (Å²) in [6, 6.07) is 0.0329. The Balaban J connectivity index is 1.58. The SMILES string of the molecule is NCCCOC1CCN(C(=O)CNC(=O)NC2CCCCC2)CC1. The predicted molar refractivity (Wildman–Crippen MR) is 92.6 cm³/mol. The first-order valence-corrected chi connectivity index (χ1v) is 9.33. The van der Waals surface area contributed by atoms with Gasteiger partial charge in [-0.25, -0.2) is 4.79 Å². The van der Waals surface area contributed by atoms with E-state index in [0.717, 1.165) is 32.1 Å². The van der Waals surface area contributed by atoms with Crippen LogP contribution in [0, 0.1) is 0 Å². The number of carbonyl (C=O) groups is 2. The number of amides is 3. The van der Waals surface area contributed by atoms with Gasteiger partial charge >= 0.3 is 6.03 Å². The van der Waals surface area contributed by atoms with Gasteiger partial charge < -0.3 is 26.0 Å². The Morgan fingerprint density at radius 3 is 2.46 bits per heavy atom. The first kappa shape index (κ1) is 19.0. The number of piperidine rings is 1. The van der Waals surface area contributed by atoms with E-state index < -0.39 is 0 Å². The molecule has 1 heterocycles. The minimum absolute atomic E-state index is 0.0193. The van der Waals surface area contributed by atoms with E-state index in [9.17, 15) is 9.59 Å². The van der Waals surface area contributed by atoms with Crippen molar-refractivity contribution in [1.82, 2.24) is 15.5 Å². The van der Waals surface area contributed by atoms with Crippen molar-refractivity contribution in [2.45, 2.75) is 63.5 Å². The van der Waals surface area contributed by atoms with Crippen LogP contribution in [0.15, 0.2) is 0 Å². The van der Waals surface area contributed by atoms with E-state index >= 15 is 0 Å². The molecule has 1 aliphatic carbocycles. The van der Waals surface area contributed by atoms with Crippen LogP contribution in [0.4, 0.5) is 4.79 Å². The van der Waals surface area contributed by atoms with E-state index in [1.165, 1.54) is 19.3 Å². The summed E-state index contributed by atoms with van der Waals surface area (Å²) in [5, 5.41) is 5.66. The first-order chi connectivity index (χ1) is 11.7. The lowest BCUT2D eigenvalue weighted by atomic mass is 9.96. The number of ether oxygens (including phenoxy) is 1. The number of hydrogen-bond acceptors (Lipinski definition) is 4. The molecule has 3 amide bonds. The number of hydrogen-bond donors (Lipinski definition) is 3. The molecule has 0 aromatic rings. The second-order valence-electron chi connectivity index (χ2n) is 6.76. The van der Waals surface area contributed by atoms with Gasteiger partial charge in [0.2, 0.25) is 5.91 Å². The van der Waals surface area contributed by atoms with E-state index in [4.69, 9.17) is 10.5 Å². The molecule has 24 heavy (non-hydrogen) atoms. The van der Waals surface area contributed by atoms with Gasteiger partial charge in [-0.3, -0.25) is 4.79 Å². The van der Waals surface area contributed by atoms with Gasteiger partial charge in [0, 0.05) is 25.7 Å². The summed E-state index contributed by atoms with van der Waals surface area (Å²) in [5.74, 6) is -0.0193. The maximum atomic E-state index is 12.2. The normalized spacial score (nSPS) is 20.0. The number of nitrogens with two attached hydrogens (primary N) is 1. The van der Waals surface area contributed by atoms with Crippen LogP contribution < -0.4 is 16.4 Å². The highest BCUT2D eigenvalue weighted by molar-refractivity contribution is 5.84. The maximum absolute atomic E-state index is 12.2. The van der Waals surface area contributed by atoms with Crippen LogP contribution in [0.25, 0.3) is 0 Å². The number of rotatable bonds is 7. The van der Waals surface area contributed by atoms with Crippen LogP contribution in [0.2, 0.25) is 0 Å². The number of likely N-dealkylation sites (tertiary alicyclic amines) is 1. The molecule has 0 unspecified atom stereocenters. The fraction of sp³-hybridized carbons (Fsp3) is 0.882. The molecule has 2 rings (SSSR count). The molecule has 1 aliphatic heterocycles. The Morgan fingerprint density at radius 1 is 1.08 bits per heavy atom. The zero-order valence-electron chi connectivity index (χ0n) is 14.6. The molecule has 2 fully saturated rings. The third-order valence-electron chi connectivity index (χ3n) is 4.84. The highest BCUT2D eigenvalue weighted by atomic mass is 16.5. The van der Waals surface area contributed by atoms with E-state index in [1.54, 1.807) is 0 Å². The fourth-order valence-electron chi connectivity index (χ4n) is 3.36. The topological polar surface area (TPSA) is 96.7 Å². The smallest absolute Gasteiger partial charge is 0.315 e. The molecule has 4 N–H and O–H groups in total. The van der Waals surface area contributed by atoms with Crippen molar-refractivity contribution in [1.29, 1.82) is 0 Å². The predicted octanol–water partition coefficient (Wildman–Crippen LogP) is 0.975. The summed E-state index contributed by atoms with van der Waals surface area (Å²) >= 11 is 0. The molecule has 1 saturated carbocycles. The van der Waals surface area contributed by atoms with E-state index in [0.29, 0.717) is 26.2 Å². The van der Waals surface area contributed by atoms with E-state index in [1.807, 2.05) is 4.90 Å². The Labute approximate surface area is 144 Å². The summed E-state index contributed by atoms with van der Waals surface area (Å²) in [6.07, 6.45) is 8.48. The van der Waals surface area contributed by atoms with Crippen LogP contribution >= 0.6 is 0 Å². The lowest BCUT2D eigenvalue weighted by molar-refractivity contribution is -0.132. The van der Waals surface area contributed by atoms with Crippen molar-refractivity contribution in [2.24, 2.45) is 5.73 Å². The molecule has 7 nitrogen and oxygen atoms in total. The third-order valence-corrected chi connectivity index (χ3v) is 4.84. The van der Waals surface area contributed by atoms with Crippen molar-refractivity contribution >= 4 is 11.9 Å². The highest BCUT2D eigenvalue weighted by Gasteiger charge is 2.23. The quantitative estimate of drug-likeness (QED) is 0.602. The fourth-order valence-corrected chi connectivity index (χ4v) is 3.36.